The molecule has 0 spiro atoms. The molecule has 14 heavy (non-hydrogen) atoms. The second kappa shape index (κ2) is 5.17. The topological polar surface area (TPSA) is 9.23 Å². The van der Waals surface area contributed by atoms with E-state index in [0.29, 0.717) is 12.5 Å². The molecule has 0 N–H and O–H groups in total. The number of rotatable bonds is 3. The van der Waals surface area contributed by atoms with Gasteiger partial charge >= 0.3 is 0 Å². The first kappa shape index (κ1) is 12.1. The van der Waals surface area contributed by atoms with Gasteiger partial charge in [0.05, 0.1) is 11.1 Å². The largest absolute Gasteiger partial charge is 0.492 e. The molecule has 1 rings (SSSR count). The van der Waals surface area contributed by atoms with Gasteiger partial charge in [-0.15, -0.1) is 0 Å². The molecule has 0 fully saturated rings. The van der Waals surface area contributed by atoms with Crippen LogP contribution >= 0.6 is 31.9 Å². The molecule has 0 saturated carbocycles. The van der Waals surface area contributed by atoms with Crippen LogP contribution in [-0.4, -0.2) is 6.61 Å². The average Bonchev–Trinajstić information content (AvgIpc) is 2.09. The van der Waals surface area contributed by atoms with Gasteiger partial charge in [0.25, 0.3) is 0 Å². The fraction of sp³-hybridized carbons (Fsp3) is 0.455. The molecule has 1 aromatic carbocycles. The van der Waals surface area contributed by atoms with Gasteiger partial charge in [0, 0.05) is 4.47 Å². The molecule has 0 aliphatic heterocycles. The predicted octanol–water partition coefficient (Wildman–Crippen LogP) is 4.73. The van der Waals surface area contributed by atoms with Crippen LogP contribution in [0.2, 0.25) is 0 Å². The van der Waals surface area contributed by atoms with Crippen LogP contribution in [0.25, 0.3) is 0 Å². The van der Waals surface area contributed by atoms with E-state index < -0.39 is 0 Å². The Morgan fingerprint density at radius 1 is 1.29 bits per heavy atom. The lowest BCUT2D eigenvalue weighted by molar-refractivity contribution is 0.333. The van der Waals surface area contributed by atoms with Crippen LogP contribution in [0.5, 0.6) is 5.75 Å². The number of ether oxygens (including phenoxy) is 1. The van der Waals surface area contributed by atoms with E-state index in [1.165, 1.54) is 5.56 Å². The van der Waals surface area contributed by atoms with Crippen LogP contribution < -0.4 is 4.74 Å². The van der Waals surface area contributed by atoms with Crippen molar-refractivity contribution in [1.82, 2.24) is 0 Å². The maximum atomic E-state index is 5.62. The smallest absolute Gasteiger partial charge is 0.136 e. The number of hydrogen-bond donors (Lipinski definition) is 0. The maximum Gasteiger partial charge on any atom is 0.136 e. The van der Waals surface area contributed by atoms with E-state index in [2.05, 4.69) is 51.8 Å². The Balaban J connectivity index is 3.21. The fourth-order valence-electron chi connectivity index (χ4n) is 1.31. The first-order valence-corrected chi connectivity index (χ1v) is 6.26. The minimum absolute atomic E-state index is 0.463. The van der Waals surface area contributed by atoms with Crippen LogP contribution in [0.1, 0.15) is 32.3 Å². The number of benzene rings is 1. The molecule has 0 amide bonds. The zero-order chi connectivity index (χ0) is 10.7. The molecule has 0 unspecified atom stereocenters. The molecular formula is C11H14Br2O. The molecule has 0 radical (unpaired) electrons. The van der Waals surface area contributed by atoms with Crippen LogP contribution in [-0.2, 0) is 0 Å². The minimum Gasteiger partial charge on any atom is -0.492 e. The third-order valence-electron chi connectivity index (χ3n) is 1.95. The lowest BCUT2D eigenvalue weighted by Gasteiger charge is -2.15. The Labute approximate surface area is 102 Å². The Morgan fingerprint density at radius 2 is 1.93 bits per heavy atom. The Morgan fingerprint density at radius 3 is 2.43 bits per heavy atom. The van der Waals surface area contributed by atoms with Gasteiger partial charge in [0.2, 0.25) is 0 Å². The molecule has 3 heteroatoms. The Bertz CT molecular complexity index is 321. The standard InChI is InChI=1S/C11H14Br2O/c1-4-14-11-9(7(2)3)5-8(12)6-10(11)13/h5-7H,4H2,1-3H3. The summed E-state index contributed by atoms with van der Waals surface area (Å²) in [6.07, 6.45) is 0. The number of hydrogen-bond acceptors (Lipinski definition) is 1. The van der Waals surface area contributed by atoms with Gasteiger partial charge in [-0.05, 0) is 46.5 Å². The third-order valence-corrected chi connectivity index (χ3v) is 2.99. The second-order valence-corrected chi connectivity index (χ2v) is 5.16. The fourth-order valence-corrected chi connectivity index (χ4v) is 2.68. The predicted molar refractivity (Wildman–Crippen MR) is 67.1 cm³/mol. The highest BCUT2D eigenvalue weighted by Gasteiger charge is 2.12. The van der Waals surface area contributed by atoms with Crippen molar-refractivity contribution in [1.29, 1.82) is 0 Å². The lowest BCUT2D eigenvalue weighted by Crippen LogP contribution is -1.99. The van der Waals surface area contributed by atoms with E-state index in [1.54, 1.807) is 0 Å². The van der Waals surface area contributed by atoms with Crippen LogP contribution in [0.15, 0.2) is 21.1 Å². The Kier molecular flexibility index (Phi) is 4.45. The van der Waals surface area contributed by atoms with Crippen LogP contribution in [0, 0.1) is 0 Å². The summed E-state index contributed by atoms with van der Waals surface area (Å²) in [6, 6.07) is 4.12. The molecule has 0 saturated heterocycles. The minimum atomic E-state index is 0.463. The van der Waals surface area contributed by atoms with Gasteiger partial charge < -0.3 is 4.74 Å². The lowest BCUT2D eigenvalue weighted by atomic mass is 10.0. The molecule has 0 heterocycles. The van der Waals surface area contributed by atoms with Gasteiger partial charge in [-0.25, -0.2) is 0 Å². The highest BCUT2D eigenvalue weighted by Crippen LogP contribution is 2.36. The third kappa shape index (κ3) is 2.74. The first-order chi connectivity index (χ1) is 6.56. The van der Waals surface area contributed by atoms with Gasteiger partial charge in [-0.2, -0.15) is 0 Å². The van der Waals surface area contributed by atoms with E-state index >= 15 is 0 Å². The van der Waals surface area contributed by atoms with E-state index in [1.807, 2.05) is 13.0 Å². The normalized spacial score (nSPS) is 10.7. The summed E-state index contributed by atoms with van der Waals surface area (Å²) in [4.78, 5) is 0. The molecule has 0 aliphatic carbocycles. The first-order valence-electron chi connectivity index (χ1n) is 4.68. The average molecular weight is 322 g/mol. The van der Waals surface area contributed by atoms with Crippen molar-refractivity contribution in [2.75, 3.05) is 6.61 Å². The van der Waals surface area contributed by atoms with Crippen molar-refractivity contribution < 1.29 is 4.74 Å². The highest BCUT2D eigenvalue weighted by molar-refractivity contribution is 9.11. The monoisotopic (exact) mass is 320 g/mol. The molecule has 1 aromatic rings. The van der Waals surface area contributed by atoms with E-state index in [9.17, 15) is 0 Å². The zero-order valence-electron chi connectivity index (χ0n) is 8.60. The van der Waals surface area contributed by atoms with Crippen molar-refractivity contribution in [3.63, 3.8) is 0 Å². The molecular weight excluding hydrogens is 308 g/mol. The summed E-state index contributed by atoms with van der Waals surface area (Å²) in [5.74, 6) is 1.43. The van der Waals surface area contributed by atoms with Gasteiger partial charge in [0.15, 0.2) is 0 Å². The molecule has 0 aliphatic rings. The quantitative estimate of drug-likeness (QED) is 0.781. The summed E-state index contributed by atoms with van der Waals surface area (Å²) in [7, 11) is 0. The molecule has 0 atom stereocenters. The van der Waals surface area contributed by atoms with Gasteiger partial charge in [-0.1, -0.05) is 29.8 Å². The molecule has 1 nitrogen and oxygen atoms in total. The van der Waals surface area contributed by atoms with Crippen molar-refractivity contribution in [2.45, 2.75) is 26.7 Å². The van der Waals surface area contributed by atoms with Crippen LogP contribution in [0.3, 0.4) is 0 Å². The molecule has 78 valence electrons. The molecule has 0 aromatic heterocycles. The van der Waals surface area contributed by atoms with Gasteiger partial charge in [0.1, 0.15) is 5.75 Å². The zero-order valence-corrected chi connectivity index (χ0v) is 11.8. The van der Waals surface area contributed by atoms with E-state index in [-0.39, 0.29) is 0 Å². The van der Waals surface area contributed by atoms with Crippen molar-refractivity contribution >= 4 is 31.9 Å². The van der Waals surface area contributed by atoms with Crippen molar-refractivity contribution in [3.05, 3.63) is 26.6 Å². The maximum absolute atomic E-state index is 5.62. The van der Waals surface area contributed by atoms with Gasteiger partial charge in [-0.3, -0.25) is 0 Å². The SMILES string of the molecule is CCOc1c(Br)cc(Br)cc1C(C)C. The van der Waals surface area contributed by atoms with Crippen molar-refractivity contribution in [3.8, 4) is 5.75 Å². The summed E-state index contributed by atoms with van der Waals surface area (Å²) in [6.45, 7) is 7.02. The second-order valence-electron chi connectivity index (χ2n) is 3.39. The highest BCUT2D eigenvalue weighted by atomic mass is 79.9. The van der Waals surface area contributed by atoms with Crippen LogP contribution in [0.4, 0.5) is 0 Å². The molecule has 0 bridgehead atoms. The van der Waals surface area contributed by atoms with E-state index in [4.69, 9.17) is 4.74 Å². The Hall–Kier alpha value is -0.0200. The van der Waals surface area contributed by atoms with E-state index in [0.717, 1.165) is 14.7 Å². The summed E-state index contributed by atoms with van der Waals surface area (Å²) >= 11 is 6.99. The number of halogens is 2. The summed E-state index contributed by atoms with van der Waals surface area (Å²) in [5.41, 5.74) is 1.23. The summed E-state index contributed by atoms with van der Waals surface area (Å²) in [5, 5.41) is 0. The summed E-state index contributed by atoms with van der Waals surface area (Å²) < 4.78 is 7.71. The van der Waals surface area contributed by atoms with Crippen molar-refractivity contribution in [2.24, 2.45) is 0 Å².